The van der Waals surface area contributed by atoms with Gasteiger partial charge in [0.2, 0.25) is 0 Å². The molecule has 2 N–H and O–H groups in total. The minimum absolute atomic E-state index is 0.323. The number of hydrogen-bond donors (Lipinski definition) is 2. The first-order valence-electron chi connectivity index (χ1n) is 8.91. The molecule has 29 heavy (non-hydrogen) atoms. The molecular formula is C21H14ClFN6. The number of hydrogen-bond acceptors (Lipinski definition) is 5. The molecule has 0 atom stereocenters. The predicted octanol–water partition coefficient (Wildman–Crippen LogP) is 4.97. The zero-order chi connectivity index (χ0) is 19.8. The lowest BCUT2D eigenvalue weighted by molar-refractivity contribution is 0.628. The average molecular weight is 405 g/mol. The third-order valence-corrected chi connectivity index (χ3v) is 4.94. The van der Waals surface area contributed by atoms with Crippen molar-refractivity contribution < 1.29 is 4.39 Å². The number of aromatic amines is 1. The molecule has 0 aliphatic rings. The maximum absolute atomic E-state index is 13.9. The second kappa shape index (κ2) is 7.10. The summed E-state index contributed by atoms with van der Waals surface area (Å²) in [7, 11) is 0. The third kappa shape index (κ3) is 3.25. The van der Waals surface area contributed by atoms with Gasteiger partial charge in [-0.05, 0) is 29.8 Å². The number of rotatable bonds is 4. The van der Waals surface area contributed by atoms with Crippen LogP contribution in [0, 0.1) is 5.82 Å². The minimum atomic E-state index is -0.323. The lowest BCUT2D eigenvalue weighted by atomic mass is 10.0. The number of benzene rings is 2. The summed E-state index contributed by atoms with van der Waals surface area (Å²) in [4.78, 5) is 20.4. The molecule has 0 bridgehead atoms. The van der Waals surface area contributed by atoms with Crippen molar-refractivity contribution in [1.82, 2.24) is 24.9 Å². The number of H-pyrrole nitrogens is 1. The molecule has 0 amide bonds. The number of nitrogens with zero attached hydrogens (tertiary/aromatic N) is 4. The molecule has 0 radical (unpaired) electrons. The number of imidazole rings is 1. The highest BCUT2D eigenvalue weighted by Gasteiger charge is 2.13. The Labute approximate surface area is 169 Å². The predicted molar refractivity (Wildman–Crippen MR) is 111 cm³/mol. The topological polar surface area (TPSA) is 79.4 Å². The Morgan fingerprint density at radius 1 is 1.00 bits per heavy atom. The molecule has 8 heteroatoms. The molecule has 0 aliphatic heterocycles. The first kappa shape index (κ1) is 17.5. The van der Waals surface area contributed by atoms with Crippen molar-refractivity contribution in [1.29, 1.82) is 0 Å². The van der Waals surface area contributed by atoms with E-state index in [0.29, 0.717) is 45.3 Å². The van der Waals surface area contributed by atoms with E-state index in [9.17, 15) is 4.39 Å². The monoisotopic (exact) mass is 404 g/mol. The summed E-state index contributed by atoms with van der Waals surface area (Å²) in [5.41, 5.74) is 4.19. The van der Waals surface area contributed by atoms with Gasteiger partial charge in [-0.25, -0.2) is 24.3 Å². The normalized spacial score (nSPS) is 11.2. The summed E-state index contributed by atoms with van der Waals surface area (Å²) >= 11 is 6.35. The molecule has 2 aromatic carbocycles. The Balaban J connectivity index is 1.61. The van der Waals surface area contributed by atoms with Crippen LogP contribution < -0.4 is 5.32 Å². The van der Waals surface area contributed by atoms with Gasteiger partial charge in [-0.1, -0.05) is 35.9 Å². The molecule has 0 saturated carbocycles. The number of halogens is 2. The van der Waals surface area contributed by atoms with Crippen LogP contribution in [-0.4, -0.2) is 24.9 Å². The Morgan fingerprint density at radius 2 is 1.90 bits per heavy atom. The Morgan fingerprint density at radius 3 is 2.79 bits per heavy atom. The van der Waals surface area contributed by atoms with E-state index in [1.165, 1.54) is 18.5 Å². The van der Waals surface area contributed by atoms with Crippen molar-refractivity contribution in [3.8, 4) is 11.3 Å². The minimum Gasteiger partial charge on any atom is -0.364 e. The van der Waals surface area contributed by atoms with Crippen molar-refractivity contribution in [2.75, 3.05) is 5.32 Å². The molecular weight excluding hydrogens is 391 g/mol. The van der Waals surface area contributed by atoms with E-state index < -0.39 is 0 Å². The lowest BCUT2D eigenvalue weighted by Crippen LogP contribution is -2.05. The Bertz CT molecular complexity index is 1350. The van der Waals surface area contributed by atoms with Gasteiger partial charge in [0.25, 0.3) is 0 Å². The van der Waals surface area contributed by atoms with Crippen molar-refractivity contribution in [2.24, 2.45) is 0 Å². The number of anilines is 1. The number of fused-ring (bicyclic) bond motifs is 2. The van der Waals surface area contributed by atoms with Gasteiger partial charge >= 0.3 is 0 Å². The number of aromatic nitrogens is 5. The molecule has 0 aliphatic carbocycles. The third-order valence-electron chi connectivity index (χ3n) is 4.64. The molecule has 142 valence electrons. The van der Waals surface area contributed by atoms with E-state index in [1.54, 1.807) is 18.5 Å². The highest BCUT2D eigenvalue weighted by Crippen LogP contribution is 2.30. The SMILES string of the molecule is Fc1cccc(-c2nc3c(Cl)cccc3cc2CNc2ncnc3[nH]cnc23)c1. The van der Waals surface area contributed by atoms with Gasteiger partial charge in [0.15, 0.2) is 11.5 Å². The van der Waals surface area contributed by atoms with Gasteiger partial charge in [-0.15, -0.1) is 0 Å². The van der Waals surface area contributed by atoms with Gasteiger partial charge in [0.05, 0.1) is 22.6 Å². The van der Waals surface area contributed by atoms with Crippen molar-refractivity contribution >= 4 is 39.5 Å². The van der Waals surface area contributed by atoms with Gasteiger partial charge in [-0.3, -0.25) is 0 Å². The Kier molecular flexibility index (Phi) is 4.29. The van der Waals surface area contributed by atoms with E-state index >= 15 is 0 Å². The first-order valence-corrected chi connectivity index (χ1v) is 9.29. The van der Waals surface area contributed by atoms with Crippen LogP contribution in [0.15, 0.2) is 61.2 Å². The Hall–Kier alpha value is -3.58. The van der Waals surface area contributed by atoms with E-state index in [-0.39, 0.29) is 5.82 Å². The molecule has 5 rings (SSSR count). The largest absolute Gasteiger partial charge is 0.364 e. The van der Waals surface area contributed by atoms with Crippen LogP contribution in [0.5, 0.6) is 0 Å². The second-order valence-corrected chi connectivity index (χ2v) is 6.90. The van der Waals surface area contributed by atoms with Gasteiger partial charge in [0, 0.05) is 17.5 Å². The molecule has 0 saturated heterocycles. The van der Waals surface area contributed by atoms with E-state index in [4.69, 9.17) is 16.6 Å². The maximum atomic E-state index is 13.9. The average Bonchev–Trinajstić information content (AvgIpc) is 3.21. The second-order valence-electron chi connectivity index (χ2n) is 6.49. The van der Waals surface area contributed by atoms with Crippen LogP contribution in [0.25, 0.3) is 33.3 Å². The number of nitrogens with one attached hydrogen (secondary N) is 2. The highest BCUT2D eigenvalue weighted by atomic mass is 35.5. The molecule has 3 aromatic heterocycles. The van der Waals surface area contributed by atoms with E-state index in [2.05, 4.69) is 25.3 Å². The summed E-state index contributed by atoms with van der Waals surface area (Å²) in [5, 5.41) is 4.75. The summed E-state index contributed by atoms with van der Waals surface area (Å²) in [6.45, 7) is 0.417. The number of pyridine rings is 1. The van der Waals surface area contributed by atoms with Crippen LogP contribution in [-0.2, 0) is 6.54 Å². The molecule has 5 aromatic rings. The molecule has 6 nitrogen and oxygen atoms in total. The maximum Gasteiger partial charge on any atom is 0.162 e. The fourth-order valence-electron chi connectivity index (χ4n) is 3.30. The zero-order valence-corrected chi connectivity index (χ0v) is 15.8. The van der Waals surface area contributed by atoms with Crippen LogP contribution in [0.4, 0.5) is 10.2 Å². The van der Waals surface area contributed by atoms with Crippen LogP contribution in [0.3, 0.4) is 0 Å². The van der Waals surface area contributed by atoms with Crippen molar-refractivity contribution in [2.45, 2.75) is 6.54 Å². The molecule has 3 heterocycles. The first-order chi connectivity index (χ1) is 14.2. The van der Waals surface area contributed by atoms with Gasteiger partial charge in [-0.2, -0.15) is 0 Å². The summed E-state index contributed by atoms with van der Waals surface area (Å²) in [6, 6.07) is 14.0. The zero-order valence-electron chi connectivity index (χ0n) is 15.0. The fraction of sp³-hybridized carbons (Fsp3) is 0.0476. The molecule has 0 fully saturated rings. The molecule has 0 spiro atoms. The lowest BCUT2D eigenvalue weighted by Gasteiger charge is -2.13. The number of para-hydroxylation sites is 1. The summed E-state index contributed by atoms with van der Waals surface area (Å²) in [5.74, 6) is 0.282. The van der Waals surface area contributed by atoms with Gasteiger partial charge < -0.3 is 10.3 Å². The summed E-state index contributed by atoms with van der Waals surface area (Å²) < 4.78 is 13.9. The smallest absolute Gasteiger partial charge is 0.162 e. The van der Waals surface area contributed by atoms with E-state index in [0.717, 1.165) is 10.9 Å². The van der Waals surface area contributed by atoms with Crippen LogP contribution in [0.2, 0.25) is 5.02 Å². The van der Waals surface area contributed by atoms with Crippen LogP contribution >= 0.6 is 11.6 Å². The summed E-state index contributed by atoms with van der Waals surface area (Å²) in [6.07, 6.45) is 3.04. The van der Waals surface area contributed by atoms with Gasteiger partial charge in [0.1, 0.15) is 17.7 Å². The van der Waals surface area contributed by atoms with Crippen molar-refractivity contribution in [3.05, 3.63) is 77.6 Å². The molecule has 0 unspecified atom stereocenters. The van der Waals surface area contributed by atoms with E-state index in [1.807, 2.05) is 24.3 Å². The van der Waals surface area contributed by atoms with Crippen LogP contribution in [0.1, 0.15) is 5.56 Å². The quantitative estimate of drug-likeness (QED) is 0.442. The standard InChI is InChI=1S/C21H14ClFN6/c22-16-6-2-4-12-7-14(9-24-20-19-21(26-10-25-19)28-11-27-20)17(29-18(12)16)13-3-1-5-15(23)8-13/h1-8,10-11H,9H2,(H2,24,25,26,27,28). The fourth-order valence-corrected chi connectivity index (χ4v) is 3.52. The highest BCUT2D eigenvalue weighted by molar-refractivity contribution is 6.35. The van der Waals surface area contributed by atoms with Crippen molar-refractivity contribution in [3.63, 3.8) is 0 Å².